The smallest absolute Gasteiger partial charge is 0.252 e. The van der Waals surface area contributed by atoms with Crippen molar-refractivity contribution in [3.8, 4) is 0 Å². The van der Waals surface area contributed by atoms with Crippen molar-refractivity contribution in [3.63, 3.8) is 0 Å². The molecule has 0 spiro atoms. The number of likely N-dealkylation sites (tertiary alicyclic amines) is 1. The molecule has 0 aliphatic carbocycles. The van der Waals surface area contributed by atoms with Gasteiger partial charge in [-0.2, -0.15) is 0 Å². The molecule has 1 aliphatic heterocycles. The number of aryl methyl sites for hydroxylation is 1. The van der Waals surface area contributed by atoms with E-state index in [1.165, 1.54) is 0 Å². The molecular weight excluding hydrogens is 382 g/mol. The fourth-order valence-corrected chi connectivity index (χ4v) is 3.80. The monoisotopic (exact) mass is 417 g/mol. The Bertz CT molecular complexity index is 727. The van der Waals surface area contributed by atoms with E-state index in [4.69, 9.17) is 4.74 Å². The van der Waals surface area contributed by atoms with E-state index in [0.717, 1.165) is 5.56 Å². The molecule has 0 radical (unpaired) electrons. The lowest BCUT2D eigenvalue weighted by Crippen LogP contribution is -2.54. The molecule has 1 aromatic carbocycles. The average Bonchev–Trinajstić information content (AvgIpc) is 2.74. The molecule has 1 saturated heterocycles. The number of amides is 3. The average molecular weight is 418 g/mol. The second-order valence-electron chi connectivity index (χ2n) is 8.22. The number of carbonyl (C=O) groups is 3. The van der Waals surface area contributed by atoms with Crippen LogP contribution < -0.4 is 10.6 Å². The quantitative estimate of drug-likeness (QED) is 0.603. The lowest BCUT2D eigenvalue weighted by Gasteiger charge is -2.36. The molecular formula is C23H35N3O4. The first-order valence-electron chi connectivity index (χ1n) is 10.8. The lowest BCUT2D eigenvalue weighted by atomic mass is 9.88. The van der Waals surface area contributed by atoms with Crippen LogP contribution in [0.3, 0.4) is 0 Å². The van der Waals surface area contributed by atoms with E-state index in [9.17, 15) is 14.4 Å². The highest BCUT2D eigenvalue weighted by Gasteiger charge is 2.34. The molecule has 1 aliphatic rings. The van der Waals surface area contributed by atoms with Crippen molar-refractivity contribution in [2.75, 3.05) is 33.4 Å². The zero-order valence-electron chi connectivity index (χ0n) is 18.6. The van der Waals surface area contributed by atoms with E-state index in [0.29, 0.717) is 51.1 Å². The van der Waals surface area contributed by atoms with E-state index in [2.05, 4.69) is 10.6 Å². The fourth-order valence-electron chi connectivity index (χ4n) is 3.80. The summed E-state index contributed by atoms with van der Waals surface area (Å²) in [5.41, 5.74) is 1.44. The third-order valence-corrected chi connectivity index (χ3v) is 5.60. The molecule has 166 valence electrons. The first-order valence-corrected chi connectivity index (χ1v) is 10.8. The lowest BCUT2D eigenvalue weighted by molar-refractivity contribution is -0.136. The van der Waals surface area contributed by atoms with Crippen LogP contribution in [0, 0.1) is 18.8 Å². The van der Waals surface area contributed by atoms with Gasteiger partial charge in [0, 0.05) is 44.8 Å². The zero-order chi connectivity index (χ0) is 22.1. The van der Waals surface area contributed by atoms with Gasteiger partial charge in [-0.25, -0.2) is 0 Å². The largest absolute Gasteiger partial charge is 0.385 e. The van der Waals surface area contributed by atoms with Gasteiger partial charge in [0.2, 0.25) is 11.8 Å². The molecule has 30 heavy (non-hydrogen) atoms. The van der Waals surface area contributed by atoms with Crippen LogP contribution >= 0.6 is 0 Å². The van der Waals surface area contributed by atoms with Crippen LogP contribution in [0.25, 0.3) is 0 Å². The maximum Gasteiger partial charge on any atom is 0.252 e. The highest BCUT2D eigenvalue weighted by molar-refractivity contribution is 5.98. The predicted octanol–water partition coefficient (Wildman–Crippen LogP) is 2.14. The Labute approximate surface area is 179 Å². The van der Waals surface area contributed by atoms with Gasteiger partial charge in [-0.1, -0.05) is 32.0 Å². The van der Waals surface area contributed by atoms with Gasteiger partial charge in [0.25, 0.3) is 5.91 Å². The Hall–Kier alpha value is -2.41. The summed E-state index contributed by atoms with van der Waals surface area (Å²) in [7, 11) is 1.62. The molecule has 0 aromatic heterocycles. The molecule has 1 atom stereocenters. The standard InChI is InChI=1S/C23H35N3O4/c1-16(2)23(29)26-13-10-18(11-14-26)20(22(28)24-12-7-15-30-4)25-21(27)19-9-6-5-8-17(19)3/h5-6,8-9,16,18,20H,7,10-15H2,1-4H3,(H,24,28)(H,25,27)/t20-/m0/s1. The molecule has 1 aromatic rings. The predicted molar refractivity (Wildman–Crippen MR) is 116 cm³/mol. The number of rotatable bonds is 9. The van der Waals surface area contributed by atoms with Crippen LogP contribution in [-0.4, -0.2) is 62.0 Å². The van der Waals surface area contributed by atoms with E-state index in [1.54, 1.807) is 13.2 Å². The summed E-state index contributed by atoms with van der Waals surface area (Å²) in [5.74, 6) is -0.343. The number of nitrogens with zero attached hydrogens (tertiary/aromatic N) is 1. The van der Waals surface area contributed by atoms with Gasteiger partial charge in [-0.05, 0) is 43.7 Å². The third kappa shape index (κ3) is 6.55. The van der Waals surface area contributed by atoms with Crippen molar-refractivity contribution < 1.29 is 19.1 Å². The highest BCUT2D eigenvalue weighted by atomic mass is 16.5. The topological polar surface area (TPSA) is 87.7 Å². The molecule has 2 N–H and O–H groups in total. The van der Waals surface area contributed by atoms with Crippen molar-refractivity contribution >= 4 is 17.7 Å². The van der Waals surface area contributed by atoms with E-state index >= 15 is 0 Å². The maximum absolute atomic E-state index is 12.9. The van der Waals surface area contributed by atoms with Gasteiger partial charge >= 0.3 is 0 Å². The van der Waals surface area contributed by atoms with Crippen molar-refractivity contribution in [2.45, 2.75) is 46.1 Å². The Kier molecular flexibility index (Phi) is 9.30. The number of nitrogens with one attached hydrogen (secondary N) is 2. The van der Waals surface area contributed by atoms with Gasteiger partial charge in [-0.3, -0.25) is 14.4 Å². The van der Waals surface area contributed by atoms with Gasteiger partial charge in [0.1, 0.15) is 6.04 Å². The maximum atomic E-state index is 12.9. The minimum absolute atomic E-state index is 0.0170. The van der Waals surface area contributed by atoms with Crippen LogP contribution in [0.4, 0.5) is 0 Å². The van der Waals surface area contributed by atoms with Gasteiger partial charge < -0.3 is 20.3 Å². The number of methoxy groups -OCH3 is 1. The summed E-state index contributed by atoms with van der Waals surface area (Å²) in [5, 5.41) is 5.89. The summed E-state index contributed by atoms with van der Waals surface area (Å²) in [6, 6.07) is 6.72. The van der Waals surface area contributed by atoms with Crippen LogP contribution in [0.1, 0.15) is 49.0 Å². The van der Waals surface area contributed by atoms with E-state index in [1.807, 2.05) is 43.9 Å². The molecule has 0 saturated carbocycles. The van der Waals surface area contributed by atoms with Crippen LogP contribution in [0.2, 0.25) is 0 Å². The molecule has 1 fully saturated rings. The first-order chi connectivity index (χ1) is 14.3. The molecule has 3 amide bonds. The van der Waals surface area contributed by atoms with E-state index in [-0.39, 0.29) is 29.6 Å². The Morgan fingerprint density at radius 2 is 1.83 bits per heavy atom. The summed E-state index contributed by atoms with van der Waals surface area (Å²) in [6.45, 7) is 7.94. The Morgan fingerprint density at radius 3 is 2.43 bits per heavy atom. The number of piperidine rings is 1. The molecule has 7 nitrogen and oxygen atoms in total. The normalized spacial score (nSPS) is 15.7. The SMILES string of the molecule is COCCCNC(=O)[C@@H](NC(=O)c1ccccc1C)C1CCN(C(=O)C(C)C)CC1. The van der Waals surface area contributed by atoms with Crippen molar-refractivity contribution in [1.29, 1.82) is 0 Å². The van der Waals surface area contributed by atoms with Crippen LogP contribution in [-0.2, 0) is 14.3 Å². The first kappa shape index (κ1) is 23.9. The fraction of sp³-hybridized carbons (Fsp3) is 0.609. The van der Waals surface area contributed by atoms with Gasteiger partial charge in [0.05, 0.1) is 0 Å². The summed E-state index contributed by atoms with van der Waals surface area (Å²) in [4.78, 5) is 40.0. The third-order valence-electron chi connectivity index (χ3n) is 5.60. The van der Waals surface area contributed by atoms with E-state index < -0.39 is 6.04 Å². The number of hydrogen-bond acceptors (Lipinski definition) is 4. The highest BCUT2D eigenvalue weighted by Crippen LogP contribution is 2.23. The summed E-state index contributed by atoms with van der Waals surface area (Å²) >= 11 is 0. The van der Waals surface area contributed by atoms with Crippen LogP contribution in [0.5, 0.6) is 0 Å². The minimum atomic E-state index is -0.629. The summed E-state index contributed by atoms with van der Waals surface area (Å²) < 4.78 is 5.03. The van der Waals surface area contributed by atoms with Crippen molar-refractivity contribution in [2.24, 2.45) is 11.8 Å². The molecule has 0 unspecified atom stereocenters. The van der Waals surface area contributed by atoms with Crippen LogP contribution in [0.15, 0.2) is 24.3 Å². The number of benzene rings is 1. The molecule has 0 bridgehead atoms. The Morgan fingerprint density at radius 1 is 1.17 bits per heavy atom. The zero-order valence-corrected chi connectivity index (χ0v) is 18.6. The summed E-state index contributed by atoms with van der Waals surface area (Å²) in [6.07, 6.45) is 2.08. The van der Waals surface area contributed by atoms with Crippen molar-refractivity contribution in [1.82, 2.24) is 15.5 Å². The van der Waals surface area contributed by atoms with Gasteiger partial charge in [0.15, 0.2) is 0 Å². The minimum Gasteiger partial charge on any atom is -0.385 e. The Balaban J connectivity index is 2.08. The molecule has 2 rings (SSSR count). The molecule has 1 heterocycles. The number of hydrogen-bond donors (Lipinski definition) is 2. The second-order valence-corrected chi connectivity index (χ2v) is 8.22. The number of carbonyl (C=O) groups excluding carboxylic acids is 3. The number of ether oxygens (including phenoxy) is 1. The van der Waals surface area contributed by atoms with Gasteiger partial charge in [-0.15, -0.1) is 0 Å². The second kappa shape index (κ2) is 11.7. The molecule has 7 heteroatoms. The van der Waals surface area contributed by atoms with Crippen molar-refractivity contribution in [3.05, 3.63) is 35.4 Å².